The van der Waals surface area contributed by atoms with Gasteiger partial charge in [0.1, 0.15) is 0 Å². The smallest absolute Gasteiger partial charge is 0.219 e. The maximum absolute atomic E-state index is 11.9. The minimum absolute atomic E-state index is 0.00468. The summed E-state index contributed by atoms with van der Waals surface area (Å²) in [4.78, 5) is 16.3. The third kappa shape index (κ3) is 3.20. The topological polar surface area (TPSA) is 49.6 Å². The number of likely N-dealkylation sites (tertiary alicyclic amines) is 1. The minimum atomic E-state index is -0.138. The molecule has 0 aromatic heterocycles. The lowest BCUT2D eigenvalue weighted by Gasteiger charge is -2.55. The lowest BCUT2D eigenvalue weighted by atomic mass is 9.72. The number of hydrogen-bond donors (Lipinski definition) is 1. The molecule has 1 rings (SSSR count). The van der Waals surface area contributed by atoms with Crippen molar-refractivity contribution in [3.05, 3.63) is 0 Å². The van der Waals surface area contributed by atoms with Gasteiger partial charge < -0.3 is 15.5 Å². The molecule has 2 N–H and O–H groups in total. The van der Waals surface area contributed by atoms with Gasteiger partial charge in [-0.15, -0.1) is 0 Å². The Labute approximate surface area is 120 Å². The number of likely N-dealkylation sites (N-methyl/N-ethyl adjacent to an activating group) is 2. The summed E-state index contributed by atoms with van der Waals surface area (Å²) in [6.07, 6.45) is 1.08. The highest BCUT2D eigenvalue weighted by Gasteiger charge is 2.49. The summed E-state index contributed by atoms with van der Waals surface area (Å²) in [5.74, 6) is 0.579. The Morgan fingerprint density at radius 1 is 1.53 bits per heavy atom. The van der Waals surface area contributed by atoms with Gasteiger partial charge in [-0.2, -0.15) is 0 Å². The first kappa shape index (κ1) is 16.7. The Bertz CT molecular complexity index is 299. The van der Waals surface area contributed by atoms with E-state index in [1.54, 1.807) is 6.92 Å². The van der Waals surface area contributed by atoms with Gasteiger partial charge in [0.15, 0.2) is 0 Å². The molecule has 5 heteroatoms. The van der Waals surface area contributed by atoms with E-state index < -0.39 is 0 Å². The Morgan fingerprint density at radius 3 is 2.58 bits per heavy atom. The molecule has 112 valence electrons. The summed E-state index contributed by atoms with van der Waals surface area (Å²) >= 11 is 0. The molecule has 1 saturated heterocycles. The first-order valence-corrected chi connectivity index (χ1v) is 10.0. The summed E-state index contributed by atoms with van der Waals surface area (Å²) in [7, 11) is 1.95. The molecule has 0 aromatic carbocycles. The van der Waals surface area contributed by atoms with Crippen LogP contribution in [0.25, 0.3) is 0 Å². The number of hydrogen-bond acceptors (Lipinski definition) is 3. The van der Waals surface area contributed by atoms with Crippen molar-refractivity contribution in [2.45, 2.75) is 51.4 Å². The molecule has 3 atom stereocenters. The monoisotopic (exact) mass is 285 g/mol. The molecule has 0 bridgehead atoms. The zero-order chi connectivity index (χ0) is 14.6. The van der Waals surface area contributed by atoms with Crippen molar-refractivity contribution in [1.29, 1.82) is 0 Å². The number of nitrogens with zero attached hydrogens (tertiary/aromatic N) is 2. The standard InChI is InChI=1S/C14H31N3OSi/c1-6-17-9-11(2)14(7-8-19-5,13(15)10-17)16(4)12(3)18/h11,13H,6-10,15,19H2,1-5H3. The molecule has 19 heavy (non-hydrogen) atoms. The van der Waals surface area contributed by atoms with Crippen LogP contribution in [0, 0.1) is 5.92 Å². The molecule has 1 amide bonds. The number of amides is 1. The second-order valence-corrected chi connectivity index (χ2v) is 7.74. The third-order valence-corrected chi connectivity index (χ3v) is 6.02. The largest absolute Gasteiger partial charge is 0.338 e. The van der Waals surface area contributed by atoms with Crippen molar-refractivity contribution in [3.63, 3.8) is 0 Å². The number of nitrogens with two attached hydrogens (primary N) is 1. The van der Waals surface area contributed by atoms with Crippen molar-refractivity contribution in [1.82, 2.24) is 9.80 Å². The highest BCUT2D eigenvalue weighted by molar-refractivity contribution is 6.33. The van der Waals surface area contributed by atoms with E-state index in [-0.39, 0.29) is 27.0 Å². The van der Waals surface area contributed by atoms with Gasteiger partial charge in [0.05, 0.1) is 5.54 Å². The predicted molar refractivity (Wildman–Crippen MR) is 84.3 cm³/mol. The molecule has 0 saturated carbocycles. The molecule has 1 aliphatic rings. The van der Waals surface area contributed by atoms with Crippen molar-refractivity contribution < 1.29 is 4.79 Å². The van der Waals surface area contributed by atoms with Gasteiger partial charge in [0.2, 0.25) is 5.91 Å². The SMILES string of the molecule is CCN1CC(C)C(CC[SiH2]C)(N(C)C(C)=O)C(N)C1. The van der Waals surface area contributed by atoms with E-state index in [0.29, 0.717) is 5.92 Å². The zero-order valence-corrected chi connectivity index (χ0v) is 14.7. The highest BCUT2D eigenvalue weighted by Crippen LogP contribution is 2.36. The van der Waals surface area contributed by atoms with Crippen LogP contribution >= 0.6 is 0 Å². The minimum Gasteiger partial charge on any atom is -0.338 e. The van der Waals surface area contributed by atoms with Gasteiger partial charge in [-0.25, -0.2) is 0 Å². The van der Waals surface area contributed by atoms with Gasteiger partial charge in [-0.05, 0) is 18.9 Å². The van der Waals surface area contributed by atoms with Crippen LogP contribution in [-0.2, 0) is 4.79 Å². The zero-order valence-electron chi connectivity index (χ0n) is 13.3. The van der Waals surface area contributed by atoms with Gasteiger partial charge in [0.25, 0.3) is 0 Å². The molecule has 1 aliphatic heterocycles. The lowest BCUT2D eigenvalue weighted by molar-refractivity contribution is -0.139. The van der Waals surface area contributed by atoms with E-state index in [2.05, 4.69) is 25.3 Å². The third-order valence-electron chi connectivity index (χ3n) is 4.96. The summed E-state index contributed by atoms with van der Waals surface area (Å²) in [5, 5.41) is 0. The van der Waals surface area contributed by atoms with Crippen molar-refractivity contribution in [2.75, 3.05) is 26.7 Å². The van der Waals surface area contributed by atoms with E-state index in [9.17, 15) is 4.79 Å². The molecular weight excluding hydrogens is 254 g/mol. The molecule has 3 unspecified atom stereocenters. The Hall–Kier alpha value is -0.393. The van der Waals surface area contributed by atoms with E-state index in [1.165, 1.54) is 6.04 Å². The number of rotatable bonds is 5. The fourth-order valence-corrected chi connectivity index (χ4v) is 4.53. The quantitative estimate of drug-likeness (QED) is 0.750. The average Bonchev–Trinajstić information content (AvgIpc) is 2.37. The van der Waals surface area contributed by atoms with Crippen LogP contribution in [0.15, 0.2) is 0 Å². The first-order valence-electron chi connectivity index (χ1n) is 7.62. The van der Waals surface area contributed by atoms with E-state index in [0.717, 1.165) is 26.1 Å². The summed E-state index contributed by atoms with van der Waals surface area (Å²) in [6.45, 7) is 11.4. The summed E-state index contributed by atoms with van der Waals surface area (Å²) in [5.41, 5.74) is 6.39. The average molecular weight is 286 g/mol. The van der Waals surface area contributed by atoms with E-state index in [1.807, 2.05) is 11.9 Å². The van der Waals surface area contributed by atoms with Crippen LogP contribution < -0.4 is 5.73 Å². The van der Waals surface area contributed by atoms with Crippen LogP contribution in [0.4, 0.5) is 0 Å². The van der Waals surface area contributed by atoms with Crippen LogP contribution in [0.1, 0.15) is 27.2 Å². The number of carbonyl (C=O) groups is 1. The highest BCUT2D eigenvalue weighted by atomic mass is 28.2. The van der Waals surface area contributed by atoms with Crippen molar-refractivity contribution in [3.8, 4) is 0 Å². The summed E-state index contributed by atoms with van der Waals surface area (Å²) < 4.78 is 0. The predicted octanol–water partition coefficient (Wildman–Crippen LogP) is 0.528. The first-order chi connectivity index (χ1) is 8.90. The van der Waals surface area contributed by atoms with Crippen molar-refractivity contribution >= 4 is 15.4 Å². The molecule has 1 heterocycles. The van der Waals surface area contributed by atoms with E-state index >= 15 is 0 Å². The maximum Gasteiger partial charge on any atom is 0.219 e. The Kier molecular flexibility index (Phi) is 6.01. The lowest BCUT2D eigenvalue weighted by Crippen LogP contribution is -2.71. The number of carbonyl (C=O) groups excluding carboxylic acids is 1. The molecule has 0 aliphatic carbocycles. The van der Waals surface area contributed by atoms with Gasteiger partial charge in [-0.3, -0.25) is 4.79 Å². The van der Waals surface area contributed by atoms with Crippen LogP contribution in [0.3, 0.4) is 0 Å². The fraction of sp³-hybridized carbons (Fsp3) is 0.929. The summed E-state index contributed by atoms with van der Waals surface area (Å²) in [6, 6.07) is 1.33. The van der Waals surface area contributed by atoms with Gasteiger partial charge in [0, 0.05) is 42.6 Å². The van der Waals surface area contributed by atoms with Gasteiger partial charge in [-0.1, -0.05) is 26.4 Å². The Morgan fingerprint density at radius 2 is 2.16 bits per heavy atom. The Balaban J connectivity index is 3.03. The van der Waals surface area contributed by atoms with Gasteiger partial charge >= 0.3 is 0 Å². The van der Waals surface area contributed by atoms with Crippen molar-refractivity contribution in [2.24, 2.45) is 11.7 Å². The number of piperidine rings is 1. The second-order valence-electron chi connectivity index (χ2n) is 6.03. The normalized spacial score (nSPS) is 32.9. The molecule has 0 radical (unpaired) electrons. The van der Waals surface area contributed by atoms with E-state index in [4.69, 9.17) is 5.73 Å². The molecule has 0 aromatic rings. The van der Waals surface area contributed by atoms with Crippen LogP contribution in [0.5, 0.6) is 0 Å². The maximum atomic E-state index is 11.9. The van der Waals surface area contributed by atoms with Crippen LogP contribution in [-0.4, -0.2) is 63.5 Å². The molecule has 0 spiro atoms. The molecule has 4 nitrogen and oxygen atoms in total. The molecule has 1 fully saturated rings. The molecular formula is C14H31N3OSi. The van der Waals surface area contributed by atoms with Crippen LogP contribution in [0.2, 0.25) is 12.6 Å². The fourth-order valence-electron chi connectivity index (χ4n) is 3.61. The second kappa shape index (κ2) is 6.86.